The molecule has 0 fully saturated rings. The Labute approximate surface area is 85.2 Å². The molecule has 0 unspecified atom stereocenters. The monoisotopic (exact) mass is 208 g/mol. The Kier molecular flexibility index (Phi) is 2.28. The fourth-order valence-corrected chi connectivity index (χ4v) is 1.18. The Morgan fingerprint density at radius 2 is 2.43 bits per heavy atom. The van der Waals surface area contributed by atoms with Crippen LogP contribution in [0.1, 0.15) is 5.76 Å². The van der Waals surface area contributed by atoms with Crippen LogP contribution in [-0.4, -0.2) is 15.1 Å². The maximum atomic E-state index is 4.90. The summed E-state index contributed by atoms with van der Waals surface area (Å²) in [4.78, 5) is 6.74. The van der Waals surface area contributed by atoms with Crippen molar-refractivity contribution < 1.29 is 4.52 Å². The van der Waals surface area contributed by atoms with Gasteiger partial charge in [-0.15, -0.1) is 0 Å². The second-order valence-corrected chi connectivity index (χ2v) is 3.12. The molecule has 0 aliphatic rings. The summed E-state index contributed by atoms with van der Waals surface area (Å²) in [6.07, 6.45) is 1.62. The molecule has 6 heteroatoms. The van der Waals surface area contributed by atoms with Gasteiger partial charge in [-0.25, -0.2) is 4.98 Å². The number of anilines is 2. The molecule has 2 N–H and O–H groups in total. The fourth-order valence-electron chi connectivity index (χ4n) is 1.00. The van der Waals surface area contributed by atoms with Gasteiger partial charge in [0.25, 0.3) is 0 Å². The van der Waals surface area contributed by atoms with Gasteiger partial charge in [-0.1, -0.05) is 5.16 Å². The van der Waals surface area contributed by atoms with E-state index in [2.05, 4.69) is 20.4 Å². The van der Waals surface area contributed by atoms with Crippen molar-refractivity contribution >= 4 is 23.9 Å². The predicted octanol–water partition coefficient (Wildman–Crippen LogP) is 2.18. The molecule has 0 spiro atoms. The third-order valence-electron chi connectivity index (χ3n) is 1.57. The number of nitrogens with zero attached hydrogens (tertiary/aromatic N) is 2. The lowest BCUT2D eigenvalue weighted by molar-refractivity contribution is 0.400. The van der Waals surface area contributed by atoms with Crippen LogP contribution in [0.25, 0.3) is 0 Å². The predicted molar refractivity (Wildman–Crippen MR) is 53.9 cm³/mol. The number of H-pyrrole nitrogens is 1. The van der Waals surface area contributed by atoms with Crippen molar-refractivity contribution in [1.82, 2.24) is 15.1 Å². The minimum Gasteiger partial charge on any atom is -0.360 e. The van der Waals surface area contributed by atoms with Crippen LogP contribution in [0.5, 0.6) is 0 Å². The van der Waals surface area contributed by atoms with E-state index in [9.17, 15) is 0 Å². The molecule has 0 bridgehead atoms. The first-order chi connectivity index (χ1) is 6.74. The fraction of sp³-hybridized carbons (Fsp3) is 0.125. The second-order valence-electron chi connectivity index (χ2n) is 2.74. The Hall–Kier alpha value is -1.69. The van der Waals surface area contributed by atoms with Crippen molar-refractivity contribution in [3.05, 3.63) is 28.9 Å². The van der Waals surface area contributed by atoms with Gasteiger partial charge in [-0.2, -0.15) is 0 Å². The quantitative estimate of drug-likeness (QED) is 0.740. The molecule has 0 aliphatic carbocycles. The Morgan fingerprint density at radius 1 is 1.57 bits per heavy atom. The molecule has 2 aromatic heterocycles. The molecule has 0 saturated carbocycles. The van der Waals surface area contributed by atoms with Crippen LogP contribution in [0.15, 0.2) is 22.9 Å². The number of aryl methyl sites for hydroxylation is 1. The molecule has 0 amide bonds. The lowest BCUT2D eigenvalue weighted by atomic mass is 10.5. The highest BCUT2D eigenvalue weighted by atomic mass is 32.1. The van der Waals surface area contributed by atoms with E-state index in [4.69, 9.17) is 16.7 Å². The maximum Gasteiger partial charge on any atom is 0.198 e. The van der Waals surface area contributed by atoms with Crippen LogP contribution in [0.4, 0.5) is 11.6 Å². The van der Waals surface area contributed by atoms with Crippen LogP contribution in [0, 0.1) is 11.7 Å². The van der Waals surface area contributed by atoms with E-state index in [1.165, 1.54) is 0 Å². The zero-order chi connectivity index (χ0) is 9.97. The molecule has 0 aromatic carbocycles. The van der Waals surface area contributed by atoms with Gasteiger partial charge >= 0.3 is 0 Å². The van der Waals surface area contributed by atoms with E-state index < -0.39 is 0 Å². The lowest BCUT2D eigenvalue weighted by Gasteiger charge is -1.99. The molecule has 2 rings (SSSR count). The van der Waals surface area contributed by atoms with Crippen molar-refractivity contribution in [1.29, 1.82) is 0 Å². The Balaban J connectivity index is 2.23. The van der Waals surface area contributed by atoms with Crippen molar-refractivity contribution in [2.75, 3.05) is 5.32 Å². The Morgan fingerprint density at radius 3 is 3.07 bits per heavy atom. The van der Waals surface area contributed by atoms with Crippen molar-refractivity contribution in [3.63, 3.8) is 0 Å². The molecule has 0 radical (unpaired) electrons. The molecule has 0 atom stereocenters. The van der Waals surface area contributed by atoms with E-state index in [0.29, 0.717) is 10.6 Å². The van der Waals surface area contributed by atoms with Crippen LogP contribution < -0.4 is 5.32 Å². The molecule has 72 valence electrons. The highest BCUT2D eigenvalue weighted by Crippen LogP contribution is 2.12. The molecule has 2 aromatic rings. The molecule has 5 nitrogen and oxygen atoms in total. The van der Waals surface area contributed by atoms with E-state index in [1.807, 2.05) is 6.92 Å². The lowest BCUT2D eigenvalue weighted by Crippen LogP contribution is -1.94. The first-order valence-corrected chi connectivity index (χ1v) is 4.40. The number of hydrogen-bond donors (Lipinski definition) is 2. The molecular weight excluding hydrogens is 200 g/mol. The van der Waals surface area contributed by atoms with Gasteiger partial charge in [0, 0.05) is 12.3 Å². The number of aromatic amines is 1. The minimum absolute atomic E-state index is 0.426. The topological polar surface area (TPSA) is 66.7 Å². The van der Waals surface area contributed by atoms with Gasteiger partial charge in [-0.05, 0) is 25.2 Å². The van der Waals surface area contributed by atoms with E-state index in [1.54, 1.807) is 18.3 Å². The van der Waals surface area contributed by atoms with Crippen molar-refractivity contribution in [2.24, 2.45) is 0 Å². The van der Waals surface area contributed by atoms with Crippen LogP contribution in [0.2, 0.25) is 0 Å². The highest BCUT2D eigenvalue weighted by Gasteiger charge is 1.99. The average Bonchev–Trinajstić information content (AvgIpc) is 2.51. The Bertz CT molecular complexity index is 490. The highest BCUT2D eigenvalue weighted by molar-refractivity contribution is 7.71. The van der Waals surface area contributed by atoms with Gasteiger partial charge in [0.15, 0.2) is 10.6 Å². The van der Waals surface area contributed by atoms with E-state index in [0.717, 1.165) is 11.6 Å². The number of nitrogens with one attached hydrogen (secondary N) is 2. The standard InChI is InChI=1S/C8H8N4OS/c1-5-4-7(12-13-5)10-6-2-3-9-8(14)11-6/h2-4H,1H3,(H2,9,10,11,12,14). The first-order valence-electron chi connectivity index (χ1n) is 4.00. The summed E-state index contributed by atoms with van der Waals surface area (Å²) in [5.41, 5.74) is 0. The summed E-state index contributed by atoms with van der Waals surface area (Å²) >= 11 is 4.87. The summed E-state index contributed by atoms with van der Waals surface area (Å²) in [5.74, 6) is 2.12. The van der Waals surface area contributed by atoms with Crippen LogP contribution >= 0.6 is 12.2 Å². The largest absolute Gasteiger partial charge is 0.360 e. The molecule has 0 aliphatic heterocycles. The van der Waals surface area contributed by atoms with Crippen LogP contribution in [0.3, 0.4) is 0 Å². The summed E-state index contributed by atoms with van der Waals surface area (Å²) in [5, 5.41) is 6.78. The van der Waals surface area contributed by atoms with E-state index >= 15 is 0 Å². The van der Waals surface area contributed by atoms with Crippen molar-refractivity contribution in [3.8, 4) is 0 Å². The summed E-state index contributed by atoms with van der Waals surface area (Å²) in [7, 11) is 0. The molecule has 2 heterocycles. The minimum atomic E-state index is 0.426. The number of hydrogen-bond acceptors (Lipinski definition) is 5. The van der Waals surface area contributed by atoms with Gasteiger partial charge in [-0.3, -0.25) is 0 Å². The average molecular weight is 208 g/mol. The van der Waals surface area contributed by atoms with Gasteiger partial charge < -0.3 is 14.8 Å². The smallest absolute Gasteiger partial charge is 0.198 e. The molecule has 14 heavy (non-hydrogen) atoms. The zero-order valence-corrected chi connectivity index (χ0v) is 8.26. The second kappa shape index (κ2) is 3.59. The normalized spacial score (nSPS) is 10.1. The van der Waals surface area contributed by atoms with Crippen LogP contribution in [-0.2, 0) is 0 Å². The molecular formula is C8H8N4OS. The van der Waals surface area contributed by atoms with Gasteiger partial charge in [0.1, 0.15) is 11.6 Å². The molecule has 0 saturated heterocycles. The first kappa shape index (κ1) is 8.89. The van der Waals surface area contributed by atoms with E-state index in [-0.39, 0.29) is 0 Å². The summed E-state index contributed by atoms with van der Waals surface area (Å²) < 4.78 is 5.33. The zero-order valence-electron chi connectivity index (χ0n) is 7.44. The van der Waals surface area contributed by atoms with Gasteiger partial charge in [0.2, 0.25) is 0 Å². The van der Waals surface area contributed by atoms with Gasteiger partial charge in [0.05, 0.1) is 0 Å². The summed E-state index contributed by atoms with van der Waals surface area (Å²) in [6, 6.07) is 3.55. The summed E-state index contributed by atoms with van der Waals surface area (Å²) in [6.45, 7) is 1.83. The van der Waals surface area contributed by atoms with Crippen molar-refractivity contribution in [2.45, 2.75) is 6.92 Å². The maximum absolute atomic E-state index is 4.90. The SMILES string of the molecule is Cc1cc(Nc2ccnc(=S)[nH]2)no1. The number of aromatic nitrogens is 3. The number of rotatable bonds is 2. The third-order valence-corrected chi connectivity index (χ3v) is 1.77. The third kappa shape index (κ3) is 1.97.